The third-order valence-electron chi connectivity index (χ3n) is 4.80. The first-order valence-corrected chi connectivity index (χ1v) is 12.1. The fourth-order valence-corrected chi connectivity index (χ4v) is 4.93. The van der Waals surface area contributed by atoms with Crippen LogP contribution in [0.3, 0.4) is 0 Å². The molecule has 3 rings (SSSR count). The molecule has 5 nitrogen and oxygen atoms in total. The highest BCUT2D eigenvalue weighted by molar-refractivity contribution is 8.00. The summed E-state index contributed by atoms with van der Waals surface area (Å²) in [6.45, 7) is 6.75. The molecule has 0 aliphatic carbocycles. The molecule has 1 aliphatic rings. The zero-order chi connectivity index (χ0) is 20.3. The van der Waals surface area contributed by atoms with Gasteiger partial charge in [-0.2, -0.15) is 0 Å². The molecule has 0 atom stereocenters. The van der Waals surface area contributed by atoms with Crippen LogP contribution in [0.25, 0.3) is 0 Å². The Bertz CT molecular complexity index is 728. The molecule has 29 heavy (non-hydrogen) atoms. The number of hydrogen-bond donors (Lipinski definition) is 2. The van der Waals surface area contributed by atoms with E-state index < -0.39 is 0 Å². The summed E-state index contributed by atoms with van der Waals surface area (Å²) in [5, 5.41) is 8.97. The van der Waals surface area contributed by atoms with Crippen LogP contribution >= 0.6 is 23.1 Å². The number of thiazole rings is 1. The summed E-state index contributed by atoms with van der Waals surface area (Å²) in [5.41, 5.74) is 1.17. The quantitative estimate of drug-likeness (QED) is 0.270. The fraction of sp³-hybridized carbons (Fsp3) is 0.524. The predicted octanol–water partition coefficient (Wildman–Crippen LogP) is 3.98. The van der Waals surface area contributed by atoms with E-state index in [1.165, 1.54) is 17.7 Å². The highest BCUT2D eigenvalue weighted by Gasteiger charge is 2.20. The number of thioether (sulfide) groups is 1. The number of rotatable bonds is 9. The molecule has 0 saturated carbocycles. The molecule has 2 N–H and O–H groups in total. The number of piperidine rings is 1. The molecular weight excluding hydrogens is 405 g/mol. The number of benzene rings is 1. The minimum Gasteiger partial charge on any atom is -0.357 e. The second-order valence-corrected chi connectivity index (χ2v) is 9.32. The van der Waals surface area contributed by atoms with Crippen molar-refractivity contribution in [2.24, 2.45) is 4.99 Å². The number of nitrogens with zero attached hydrogens (tertiary/aromatic N) is 3. The van der Waals surface area contributed by atoms with Crippen molar-refractivity contribution in [1.82, 2.24) is 20.5 Å². The van der Waals surface area contributed by atoms with E-state index in [1.807, 2.05) is 23.7 Å². The summed E-state index contributed by atoms with van der Waals surface area (Å²) in [7, 11) is 0. The van der Waals surface area contributed by atoms with Gasteiger partial charge in [0.1, 0.15) is 10.2 Å². The molecule has 8 heteroatoms. The largest absolute Gasteiger partial charge is 0.357 e. The lowest BCUT2D eigenvalue weighted by Crippen LogP contribution is -2.48. The maximum atomic E-state index is 13.1. The summed E-state index contributed by atoms with van der Waals surface area (Å²) >= 11 is 3.49. The Hall–Kier alpha value is -1.64. The third-order valence-corrected chi connectivity index (χ3v) is 6.85. The van der Waals surface area contributed by atoms with Gasteiger partial charge in [0.25, 0.3) is 0 Å². The van der Waals surface area contributed by atoms with Crippen LogP contribution in [0.2, 0.25) is 0 Å². The summed E-state index contributed by atoms with van der Waals surface area (Å²) in [5.74, 6) is 1.79. The van der Waals surface area contributed by atoms with Crippen molar-refractivity contribution in [3.63, 3.8) is 0 Å². The van der Waals surface area contributed by atoms with Crippen molar-refractivity contribution in [1.29, 1.82) is 0 Å². The van der Waals surface area contributed by atoms with E-state index in [-0.39, 0.29) is 5.82 Å². The van der Waals surface area contributed by atoms with Crippen molar-refractivity contribution in [3.8, 4) is 0 Å². The van der Waals surface area contributed by atoms with Crippen molar-refractivity contribution in [2.75, 3.05) is 31.9 Å². The monoisotopic (exact) mass is 435 g/mol. The predicted molar refractivity (Wildman–Crippen MR) is 121 cm³/mol. The van der Waals surface area contributed by atoms with E-state index in [9.17, 15) is 4.39 Å². The van der Waals surface area contributed by atoms with Crippen LogP contribution in [0.4, 0.5) is 4.39 Å². The van der Waals surface area contributed by atoms with Crippen molar-refractivity contribution < 1.29 is 4.39 Å². The van der Waals surface area contributed by atoms with Gasteiger partial charge >= 0.3 is 0 Å². The Kier molecular flexibility index (Phi) is 9.24. The van der Waals surface area contributed by atoms with E-state index in [4.69, 9.17) is 4.99 Å². The molecule has 1 fully saturated rings. The minimum absolute atomic E-state index is 0.173. The molecule has 0 spiro atoms. The molecule has 0 bridgehead atoms. The first kappa shape index (κ1) is 22.1. The van der Waals surface area contributed by atoms with E-state index >= 15 is 0 Å². The highest BCUT2D eigenvalue weighted by Crippen LogP contribution is 2.20. The highest BCUT2D eigenvalue weighted by atomic mass is 32.2. The minimum atomic E-state index is -0.173. The van der Waals surface area contributed by atoms with E-state index in [0.717, 1.165) is 68.0 Å². The number of guanidine groups is 1. The van der Waals surface area contributed by atoms with Crippen LogP contribution < -0.4 is 10.6 Å². The van der Waals surface area contributed by atoms with Gasteiger partial charge in [0, 0.05) is 56.1 Å². The normalized spacial score (nSPS) is 16.1. The second kappa shape index (κ2) is 12.1. The van der Waals surface area contributed by atoms with Gasteiger partial charge in [-0.15, -0.1) is 11.3 Å². The molecule has 0 amide bonds. The average molecular weight is 436 g/mol. The van der Waals surface area contributed by atoms with Crippen LogP contribution in [0.5, 0.6) is 0 Å². The standard InChI is InChI=1S/C21H30FN5S2/c1-2-23-20(24-10-3-14-28-21-25-11-15-29-21)26-19-8-12-27(13-9-19)16-17-4-6-18(22)7-5-17/h4-7,11,15,19H,2-3,8-10,12-14,16H2,1H3,(H2,23,24,26). The SMILES string of the molecule is CCNC(=NCCCSc1nccs1)NC1CCN(Cc2ccc(F)cc2)CC1. The Morgan fingerprint density at radius 3 is 2.79 bits per heavy atom. The summed E-state index contributed by atoms with van der Waals surface area (Å²) in [4.78, 5) is 11.5. The molecule has 2 heterocycles. The number of hydrogen-bond acceptors (Lipinski definition) is 5. The Balaban J connectivity index is 1.37. The van der Waals surface area contributed by atoms with Gasteiger partial charge in [-0.3, -0.25) is 9.89 Å². The first-order chi connectivity index (χ1) is 14.2. The summed E-state index contributed by atoms with van der Waals surface area (Å²) in [6.07, 6.45) is 5.07. The molecule has 1 aliphatic heterocycles. The number of aliphatic imine (C=N–C) groups is 1. The number of likely N-dealkylation sites (tertiary alicyclic amines) is 1. The van der Waals surface area contributed by atoms with Crippen LogP contribution in [0, 0.1) is 5.82 Å². The fourth-order valence-electron chi connectivity index (χ4n) is 3.29. The Labute approximate surface area is 181 Å². The van der Waals surface area contributed by atoms with Crippen molar-refractivity contribution in [3.05, 3.63) is 47.2 Å². The van der Waals surface area contributed by atoms with Crippen LogP contribution in [0.15, 0.2) is 45.2 Å². The topological polar surface area (TPSA) is 52.6 Å². The lowest BCUT2D eigenvalue weighted by Gasteiger charge is -2.33. The third kappa shape index (κ3) is 7.95. The first-order valence-electron chi connectivity index (χ1n) is 10.3. The van der Waals surface area contributed by atoms with Gasteiger partial charge in [0.05, 0.1) is 0 Å². The van der Waals surface area contributed by atoms with Crippen LogP contribution in [-0.4, -0.2) is 53.8 Å². The smallest absolute Gasteiger partial charge is 0.191 e. The maximum absolute atomic E-state index is 13.1. The molecule has 1 saturated heterocycles. The molecule has 2 aromatic rings. The van der Waals surface area contributed by atoms with Crippen molar-refractivity contribution >= 4 is 29.1 Å². The van der Waals surface area contributed by atoms with Gasteiger partial charge in [0.2, 0.25) is 0 Å². The zero-order valence-electron chi connectivity index (χ0n) is 16.9. The summed E-state index contributed by atoms with van der Waals surface area (Å²) < 4.78 is 14.2. The lowest BCUT2D eigenvalue weighted by molar-refractivity contribution is 0.198. The molecule has 1 aromatic carbocycles. The van der Waals surface area contributed by atoms with Gasteiger partial charge in [-0.25, -0.2) is 9.37 Å². The van der Waals surface area contributed by atoms with E-state index in [2.05, 4.69) is 27.4 Å². The molecule has 158 valence electrons. The van der Waals surface area contributed by atoms with E-state index in [0.29, 0.717) is 6.04 Å². The number of nitrogens with one attached hydrogen (secondary N) is 2. The van der Waals surface area contributed by atoms with Crippen LogP contribution in [-0.2, 0) is 6.54 Å². The Morgan fingerprint density at radius 2 is 2.10 bits per heavy atom. The van der Waals surface area contributed by atoms with Crippen LogP contribution in [0.1, 0.15) is 31.7 Å². The molecule has 1 aromatic heterocycles. The number of halogens is 1. The summed E-state index contributed by atoms with van der Waals surface area (Å²) in [6, 6.07) is 7.28. The van der Waals surface area contributed by atoms with Crippen molar-refractivity contribution in [2.45, 2.75) is 43.1 Å². The average Bonchev–Trinajstić information content (AvgIpc) is 3.24. The van der Waals surface area contributed by atoms with Gasteiger partial charge in [-0.1, -0.05) is 23.9 Å². The Morgan fingerprint density at radius 1 is 1.31 bits per heavy atom. The maximum Gasteiger partial charge on any atom is 0.191 e. The lowest BCUT2D eigenvalue weighted by atomic mass is 10.0. The van der Waals surface area contributed by atoms with Gasteiger partial charge in [0.15, 0.2) is 5.96 Å². The molecular formula is C21H30FN5S2. The molecule has 0 radical (unpaired) electrons. The molecule has 0 unspecified atom stereocenters. The number of aromatic nitrogens is 1. The second-order valence-electron chi connectivity index (χ2n) is 7.08. The van der Waals surface area contributed by atoms with E-state index in [1.54, 1.807) is 23.1 Å². The van der Waals surface area contributed by atoms with Gasteiger partial charge in [-0.05, 0) is 43.9 Å². The zero-order valence-corrected chi connectivity index (χ0v) is 18.6. The van der Waals surface area contributed by atoms with Gasteiger partial charge < -0.3 is 10.6 Å².